The van der Waals surface area contributed by atoms with Crippen molar-refractivity contribution in [2.75, 3.05) is 6.61 Å². The molecule has 0 amide bonds. The first kappa shape index (κ1) is 14.7. The van der Waals surface area contributed by atoms with Crippen molar-refractivity contribution >= 4 is 5.78 Å². The number of ketones is 1. The second kappa shape index (κ2) is 5.99. The summed E-state index contributed by atoms with van der Waals surface area (Å²) in [5.41, 5.74) is -0.0871. The summed E-state index contributed by atoms with van der Waals surface area (Å²) in [5.74, 6) is 1.37. The Labute approximate surface area is 106 Å². The van der Waals surface area contributed by atoms with E-state index >= 15 is 0 Å². The van der Waals surface area contributed by atoms with E-state index in [9.17, 15) is 4.79 Å². The Morgan fingerprint density at radius 1 is 1.24 bits per heavy atom. The highest BCUT2D eigenvalue weighted by molar-refractivity contribution is 5.86. The van der Waals surface area contributed by atoms with E-state index in [4.69, 9.17) is 4.74 Å². The number of rotatable bonds is 4. The number of carbonyl (C=O) groups is 1. The van der Waals surface area contributed by atoms with Crippen LogP contribution in [0.2, 0.25) is 0 Å². The molecule has 2 nitrogen and oxygen atoms in total. The molecule has 17 heavy (non-hydrogen) atoms. The third kappa shape index (κ3) is 4.09. The van der Waals surface area contributed by atoms with Crippen LogP contribution in [0.15, 0.2) is 0 Å². The van der Waals surface area contributed by atoms with Crippen LogP contribution in [0, 0.1) is 17.3 Å². The smallest absolute Gasteiger partial charge is 0.165 e. The molecule has 1 fully saturated rings. The predicted molar refractivity (Wildman–Crippen MR) is 71.0 cm³/mol. The minimum atomic E-state index is -0.231. The first-order valence-corrected chi connectivity index (χ1v) is 7.01. The van der Waals surface area contributed by atoms with Gasteiger partial charge in [-0.25, -0.2) is 0 Å². The van der Waals surface area contributed by atoms with Gasteiger partial charge in [0.1, 0.15) is 6.10 Å². The van der Waals surface area contributed by atoms with Gasteiger partial charge in [0.2, 0.25) is 0 Å². The molecule has 1 atom stereocenters. The van der Waals surface area contributed by atoms with Crippen molar-refractivity contribution in [3.63, 3.8) is 0 Å². The van der Waals surface area contributed by atoms with E-state index < -0.39 is 0 Å². The molecule has 0 spiro atoms. The number of hydrogen-bond donors (Lipinski definition) is 0. The van der Waals surface area contributed by atoms with Crippen LogP contribution in [0.1, 0.15) is 60.3 Å². The van der Waals surface area contributed by atoms with Crippen molar-refractivity contribution in [3.8, 4) is 0 Å². The lowest BCUT2D eigenvalue weighted by molar-refractivity contribution is -0.142. The Morgan fingerprint density at radius 3 is 2.18 bits per heavy atom. The molecule has 1 rings (SSSR count). The molecule has 0 aromatic carbocycles. The van der Waals surface area contributed by atoms with Crippen LogP contribution in [0.4, 0.5) is 0 Å². The first-order valence-electron chi connectivity index (χ1n) is 7.01. The summed E-state index contributed by atoms with van der Waals surface area (Å²) >= 11 is 0. The van der Waals surface area contributed by atoms with Gasteiger partial charge in [0.15, 0.2) is 5.78 Å². The normalized spacial score (nSPS) is 27.8. The lowest BCUT2D eigenvalue weighted by Crippen LogP contribution is -2.41. The van der Waals surface area contributed by atoms with Crippen molar-refractivity contribution in [1.82, 2.24) is 0 Å². The van der Waals surface area contributed by atoms with Gasteiger partial charge in [-0.15, -0.1) is 0 Å². The van der Waals surface area contributed by atoms with E-state index in [1.807, 2.05) is 6.92 Å². The third-order valence-corrected chi connectivity index (χ3v) is 3.80. The first-order chi connectivity index (χ1) is 7.86. The highest BCUT2D eigenvalue weighted by Gasteiger charge is 2.36. The quantitative estimate of drug-likeness (QED) is 0.746. The van der Waals surface area contributed by atoms with E-state index in [-0.39, 0.29) is 17.4 Å². The second-order valence-corrected chi connectivity index (χ2v) is 6.56. The number of carbonyl (C=O) groups excluding carboxylic acids is 1. The lowest BCUT2D eigenvalue weighted by atomic mass is 9.75. The summed E-state index contributed by atoms with van der Waals surface area (Å²) in [5, 5.41) is 0. The minimum absolute atomic E-state index is 0.0871. The predicted octanol–water partition coefficient (Wildman–Crippen LogP) is 3.83. The standard InChI is InChI=1S/C15H28O2/c1-6-17-14(15(3,4)5)13(16)12-9-7-11(2)8-10-12/h11-12,14H,6-10H2,1-5H3. The topological polar surface area (TPSA) is 26.3 Å². The monoisotopic (exact) mass is 240 g/mol. The highest BCUT2D eigenvalue weighted by atomic mass is 16.5. The summed E-state index contributed by atoms with van der Waals surface area (Å²) < 4.78 is 5.70. The number of ether oxygens (including phenoxy) is 1. The molecule has 1 unspecified atom stereocenters. The van der Waals surface area contributed by atoms with Gasteiger partial charge >= 0.3 is 0 Å². The molecule has 1 saturated carbocycles. The molecule has 0 aliphatic heterocycles. The molecule has 2 heteroatoms. The maximum absolute atomic E-state index is 12.5. The third-order valence-electron chi connectivity index (χ3n) is 3.80. The van der Waals surface area contributed by atoms with Crippen molar-refractivity contribution in [3.05, 3.63) is 0 Å². The maximum Gasteiger partial charge on any atom is 0.165 e. The lowest BCUT2D eigenvalue weighted by Gasteiger charge is -2.34. The van der Waals surface area contributed by atoms with E-state index in [1.54, 1.807) is 0 Å². The summed E-state index contributed by atoms with van der Waals surface area (Å²) in [7, 11) is 0. The van der Waals surface area contributed by atoms with Gasteiger partial charge in [0, 0.05) is 12.5 Å². The molecule has 100 valence electrons. The fourth-order valence-electron chi connectivity index (χ4n) is 2.68. The highest BCUT2D eigenvalue weighted by Crippen LogP contribution is 2.33. The molecular formula is C15H28O2. The van der Waals surface area contributed by atoms with Crippen LogP contribution in [-0.4, -0.2) is 18.5 Å². The zero-order valence-corrected chi connectivity index (χ0v) is 12.1. The van der Waals surface area contributed by atoms with Gasteiger partial charge in [0.05, 0.1) is 0 Å². The van der Waals surface area contributed by atoms with Gasteiger partial charge in [-0.1, -0.05) is 40.5 Å². The van der Waals surface area contributed by atoms with Gasteiger partial charge in [-0.3, -0.25) is 4.79 Å². The van der Waals surface area contributed by atoms with E-state index in [0.29, 0.717) is 12.4 Å². The SMILES string of the molecule is CCOC(C(=O)C1CCC(C)CC1)C(C)(C)C. The van der Waals surface area contributed by atoms with Crippen LogP contribution >= 0.6 is 0 Å². The van der Waals surface area contributed by atoms with E-state index in [0.717, 1.165) is 18.8 Å². The maximum atomic E-state index is 12.5. The summed E-state index contributed by atoms with van der Waals surface area (Å²) in [6.45, 7) is 11.2. The van der Waals surface area contributed by atoms with Crippen LogP contribution < -0.4 is 0 Å². The molecular weight excluding hydrogens is 212 g/mol. The zero-order valence-electron chi connectivity index (χ0n) is 12.1. The molecule has 0 radical (unpaired) electrons. The average molecular weight is 240 g/mol. The average Bonchev–Trinajstić information content (AvgIpc) is 2.24. The molecule has 0 N–H and O–H groups in total. The van der Waals surface area contributed by atoms with Crippen molar-refractivity contribution in [2.45, 2.75) is 66.4 Å². The van der Waals surface area contributed by atoms with Crippen molar-refractivity contribution in [2.24, 2.45) is 17.3 Å². The van der Waals surface area contributed by atoms with Gasteiger partial charge in [-0.2, -0.15) is 0 Å². The van der Waals surface area contributed by atoms with Gasteiger partial charge < -0.3 is 4.74 Å². The Kier molecular flexibility index (Phi) is 5.18. The van der Waals surface area contributed by atoms with Crippen molar-refractivity contribution < 1.29 is 9.53 Å². The second-order valence-electron chi connectivity index (χ2n) is 6.56. The summed E-state index contributed by atoms with van der Waals surface area (Å²) in [4.78, 5) is 12.5. The van der Waals surface area contributed by atoms with E-state index in [2.05, 4.69) is 27.7 Å². The minimum Gasteiger partial charge on any atom is -0.370 e. The van der Waals surface area contributed by atoms with Gasteiger partial charge in [-0.05, 0) is 31.1 Å². The Balaban J connectivity index is 2.65. The Bertz CT molecular complexity index is 244. The van der Waals surface area contributed by atoms with Crippen LogP contribution in [-0.2, 0) is 9.53 Å². The Morgan fingerprint density at radius 2 is 1.76 bits per heavy atom. The number of Topliss-reactive ketones (excluding diaryl/α,β-unsaturated/α-hetero) is 1. The van der Waals surface area contributed by atoms with E-state index in [1.165, 1.54) is 12.8 Å². The fraction of sp³-hybridized carbons (Fsp3) is 0.933. The summed E-state index contributed by atoms with van der Waals surface area (Å²) in [6, 6.07) is 0. The van der Waals surface area contributed by atoms with Crippen LogP contribution in [0.5, 0.6) is 0 Å². The molecule has 0 aromatic rings. The number of hydrogen-bond acceptors (Lipinski definition) is 2. The fourth-order valence-corrected chi connectivity index (χ4v) is 2.68. The summed E-state index contributed by atoms with van der Waals surface area (Å²) in [6.07, 6.45) is 4.27. The Hall–Kier alpha value is -0.370. The van der Waals surface area contributed by atoms with Gasteiger partial charge in [0.25, 0.3) is 0 Å². The molecule has 0 bridgehead atoms. The molecule has 1 aliphatic carbocycles. The molecule has 0 saturated heterocycles. The van der Waals surface area contributed by atoms with Crippen LogP contribution in [0.3, 0.4) is 0 Å². The molecule has 1 aliphatic rings. The zero-order chi connectivity index (χ0) is 13.1. The largest absolute Gasteiger partial charge is 0.370 e. The molecule has 0 heterocycles. The molecule has 0 aromatic heterocycles. The van der Waals surface area contributed by atoms with Crippen LogP contribution in [0.25, 0.3) is 0 Å². The van der Waals surface area contributed by atoms with Crippen molar-refractivity contribution in [1.29, 1.82) is 0 Å².